The standard InChI is InChI=1S/C20H32N4/c1-4-13-24(14-5-2)17-12-11-16(15-9-7-6-8-10-15)18-19(17)23(3)20(21)22-18/h11-12,15H,4-10,13-14H2,1-3H3,(H2,21,22). The van der Waals surface area contributed by atoms with Crippen LogP contribution >= 0.6 is 0 Å². The van der Waals surface area contributed by atoms with Crippen molar-refractivity contribution in [1.82, 2.24) is 9.55 Å². The van der Waals surface area contributed by atoms with Crippen LogP contribution in [0.15, 0.2) is 12.1 Å². The molecule has 1 aromatic heterocycles. The molecule has 0 amide bonds. The van der Waals surface area contributed by atoms with Crippen molar-refractivity contribution in [3.8, 4) is 0 Å². The molecular weight excluding hydrogens is 296 g/mol. The van der Waals surface area contributed by atoms with Crippen molar-refractivity contribution in [2.45, 2.75) is 64.7 Å². The van der Waals surface area contributed by atoms with Crippen molar-refractivity contribution in [2.75, 3.05) is 23.7 Å². The van der Waals surface area contributed by atoms with Crippen molar-refractivity contribution >= 4 is 22.7 Å². The number of nitrogens with two attached hydrogens (primary N) is 1. The first-order valence-electron chi connectivity index (χ1n) is 9.67. The van der Waals surface area contributed by atoms with Crippen LogP contribution in [0, 0.1) is 0 Å². The second kappa shape index (κ2) is 7.45. The van der Waals surface area contributed by atoms with Gasteiger partial charge in [-0.25, -0.2) is 4.98 Å². The molecule has 0 spiro atoms. The van der Waals surface area contributed by atoms with Gasteiger partial charge >= 0.3 is 0 Å². The number of nitrogens with zero attached hydrogens (tertiary/aromatic N) is 3. The van der Waals surface area contributed by atoms with Gasteiger partial charge in [0.1, 0.15) is 0 Å². The van der Waals surface area contributed by atoms with Gasteiger partial charge in [-0.2, -0.15) is 0 Å². The summed E-state index contributed by atoms with van der Waals surface area (Å²) >= 11 is 0. The van der Waals surface area contributed by atoms with Crippen LogP contribution in [0.5, 0.6) is 0 Å². The van der Waals surface area contributed by atoms with E-state index in [1.54, 1.807) is 0 Å². The zero-order valence-electron chi connectivity index (χ0n) is 15.5. The van der Waals surface area contributed by atoms with E-state index in [9.17, 15) is 0 Å². The lowest BCUT2D eigenvalue weighted by Crippen LogP contribution is -2.25. The Labute approximate surface area is 146 Å². The highest BCUT2D eigenvalue weighted by molar-refractivity contribution is 5.93. The van der Waals surface area contributed by atoms with E-state index < -0.39 is 0 Å². The smallest absolute Gasteiger partial charge is 0.201 e. The van der Waals surface area contributed by atoms with Gasteiger partial charge in [0.2, 0.25) is 5.95 Å². The number of aryl methyl sites for hydroxylation is 1. The molecule has 2 aromatic rings. The number of benzene rings is 1. The van der Waals surface area contributed by atoms with E-state index in [4.69, 9.17) is 10.7 Å². The second-order valence-corrected chi connectivity index (χ2v) is 7.22. The van der Waals surface area contributed by atoms with Crippen molar-refractivity contribution in [1.29, 1.82) is 0 Å². The molecular formula is C20H32N4. The molecule has 1 aliphatic rings. The van der Waals surface area contributed by atoms with Crippen LogP contribution in [0.4, 0.5) is 11.6 Å². The van der Waals surface area contributed by atoms with Crippen molar-refractivity contribution < 1.29 is 0 Å². The summed E-state index contributed by atoms with van der Waals surface area (Å²) in [5, 5.41) is 0. The summed E-state index contributed by atoms with van der Waals surface area (Å²) in [6, 6.07) is 4.65. The zero-order chi connectivity index (χ0) is 17.1. The predicted octanol–water partition coefficient (Wildman–Crippen LogP) is 4.83. The fourth-order valence-electron chi connectivity index (χ4n) is 4.23. The lowest BCUT2D eigenvalue weighted by atomic mass is 9.83. The summed E-state index contributed by atoms with van der Waals surface area (Å²) in [5.74, 6) is 1.28. The highest BCUT2D eigenvalue weighted by atomic mass is 15.2. The van der Waals surface area contributed by atoms with Crippen molar-refractivity contribution in [3.05, 3.63) is 17.7 Å². The SMILES string of the molecule is CCCN(CCC)c1ccc(C2CCCCC2)c2nc(N)n(C)c12. The van der Waals surface area contributed by atoms with Gasteiger partial charge < -0.3 is 15.2 Å². The molecule has 4 nitrogen and oxygen atoms in total. The average Bonchev–Trinajstić information content (AvgIpc) is 2.90. The molecule has 1 fully saturated rings. The predicted molar refractivity (Wildman–Crippen MR) is 104 cm³/mol. The van der Waals surface area contributed by atoms with E-state index in [1.165, 1.54) is 48.9 Å². The molecule has 0 atom stereocenters. The van der Waals surface area contributed by atoms with Crippen LogP contribution in [0.3, 0.4) is 0 Å². The minimum Gasteiger partial charge on any atom is -0.370 e. The largest absolute Gasteiger partial charge is 0.370 e. The minimum atomic E-state index is 0.627. The van der Waals surface area contributed by atoms with Gasteiger partial charge in [-0.15, -0.1) is 0 Å². The quantitative estimate of drug-likeness (QED) is 0.826. The van der Waals surface area contributed by atoms with Crippen LogP contribution in [0.25, 0.3) is 11.0 Å². The molecule has 24 heavy (non-hydrogen) atoms. The number of nitrogen functional groups attached to an aromatic ring is 1. The Morgan fingerprint density at radius 1 is 1.12 bits per heavy atom. The van der Waals surface area contributed by atoms with Gasteiger partial charge in [-0.1, -0.05) is 39.2 Å². The van der Waals surface area contributed by atoms with Crippen LogP contribution < -0.4 is 10.6 Å². The van der Waals surface area contributed by atoms with Gasteiger partial charge in [-0.05, 0) is 43.2 Å². The molecule has 1 aliphatic carbocycles. The number of anilines is 2. The van der Waals surface area contributed by atoms with E-state index in [0.29, 0.717) is 11.9 Å². The van der Waals surface area contributed by atoms with Gasteiger partial charge in [-0.3, -0.25) is 0 Å². The van der Waals surface area contributed by atoms with Crippen molar-refractivity contribution in [3.63, 3.8) is 0 Å². The minimum absolute atomic E-state index is 0.627. The van der Waals surface area contributed by atoms with Gasteiger partial charge in [0.25, 0.3) is 0 Å². The first-order valence-corrected chi connectivity index (χ1v) is 9.67. The van der Waals surface area contributed by atoms with E-state index in [2.05, 4.69) is 42.5 Å². The second-order valence-electron chi connectivity index (χ2n) is 7.22. The third kappa shape index (κ3) is 3.11. The van der Waals surface area contributed by atoms with E-state index in [1.807, 2.05) is 0 Å². The number of hydrogen-bond acceptors (Lipinski definition) is 3. The molecule has 132 valence electrons. The third-order valence-corrected chi connectivity index (χ3v) is 5.44. The van der Waals surface area contributed by atoms with Gasteiger partial charge in [0.15, 0.2) is 0 Å². The number of rotatable bonds is 6. The fraction of sp³-hybridized carbons (Fsp3) is 0.650. The number of fused-ring (bicyclic) bond motifs is 1. The zero-order valence-corrected chi connectivity index (χ0v) is 15.5. The molecule has 1 aromatic carbocycles. The number of aromatic nitrogens is 2. The molecule has 0 radical (unpaired) electrons. The first kappa shape index (κ1) is 17.1. The molecule has 0 bridgehead atoms. The Kier molecular flexibility index (Phi) is 5.32. The fourth-order valence-corrected chi connectivity index (χ4v) is 4.23. The summed E-state index contributed by atoms with van der Waals surface area (Å²) in [7, 11) is 2.05. The Morgan fingerprint density at radius 2 is 1.79 bits per heavy atom. The normalized spacial score (nSPS) is 16.0. The molecule has 4 heteroatoms. The summed E-state index contributed by atoms with van der Waals surface area (Å²) in [5.41, 5.74) is 11.3. The summed E-state index contributed by atoms with van der Waals surface area (Å²) in [6.07, 6.45) is 8.94. The van der Waals surface area contributed by atoms with Crippen LogP contribution in [-0.2, 0) is 7.05 Å². The maximum atomic E-state index is 6.20. The van der Waals surface area contributed by atoms with Gasteiger partial charge in [0, 0.05) is 20.1 Å². The van der Waals surface area contributed by atoms with Crippen molar-refractivity contribution in [2.24, 2.45) is 7.05 Å². The van der Waals surface area contributed by atoms with E-state index in [0.717, 1.165) is 31.4 Å². The Morgan fingerprint density at radius 3 is 2.42 bits per heavy atom. The molecule has 3 rings (SSSR count). The maximum Gasteiger partial charge on any atom is 0.201 e. The average molecular weight is 329 g/mol. The van der Waals surface area contributed by atoms with Crippen LogP contribution in [0.1, 0.15) is 70.3 Å². The summed E-state index contributed by atoms with van der Waals surface area (Å²) < 4.78 is 2.08. The van der Waals surface area contributed by atoms with E-state index in [-0.39, 0.29) is 0 Å². The molecule has 1 heterocycles. The van der Waals surface area contributed by atoms with Gasteiger partial charge in [0.05, 0.1) is 16.7 Å². The molecule has 1 saturated carbocycles. The third-order valence-electron chi connectivity index (χ3n) is 5.44. The Balaban J connectivity index is 2.11. The van der Waals surface area contributed by atoms with Crippen LogP contribution in [0.2, 0.25) is 0 Å². The first-order chi connectivity index (χ1) is 11.7. The van der Waals surface area contributed by atoms with Crippen LogP contribution in [-0.4, -0.2) is 22.6 Å². The molecule has 2 N–H and O–H groups in total. The lowest BCUT2D eigenvalue weighted by molar-refractivity contribution is 0.445. The Hall–Kier alpha value is -1.71. The lowest BCUT2D eigenvalue weighted by Gasteiger charge is -2.27. The molecule has 0 aliphatic heterocycles. The maximum absolute atomic E-state index is 6.20. The molecule has 0 unspecified atom stereocenters. The number of imidazole rings is 1. The monoisotopic (exact) mass is 328 g/mol. The summed E-state index contributed by atoms with van der Waals surface area (Å²) in [6.45, 7) is 6.65. The molecule has 0 saturated heterocycles. The highest BCUT2D eigenvalue weighted by Crippen LogP contribution is 2.39. The topological polar surface area (TPSA) is 47.1 Å². The van der Waals surface area contributed by atoms with E-state index >= 15 is 0 Å². The highest BCUT2D eigenvalue weighted by Gasteiger charge is 2.23. The number of hydrogen-bond donors (Lipinski definition) is 1. The Bertz CT molecular complexity index is 676. The summed E-state index contributed by atoms with van der Waals surface area (Å²) in [4.78, 5) is 7.26.